The van der Waals surface area contributed by atoms with E-state index in [1.165, 1.54) is 0 Å². The van der Waals surface area contributed by atoms with E-state index in [1.54, 1.807) is 11.9 Å². The van der Waals surface area contributed by atoms with E-state index < -0.39 is 0 Å². The maximum atomic E-state index is 3.72. The summed E-state index contributed by atoms with van der Waals surface area (Å²) < 4.78 is 3.24. The zero-order chi connectivity index (χ0) is 8.81. The van der Waals surface area contributed by atoms with Gasteiger partial charge in [-0.1, -0.05) is 43.7 Å². The quantitative estimate of drug-likeness (QED) is 0.711. The van der Waals surface area contributed by atoms with Gasteiger partial charge < -0.3 is 4.72 Å². The van der Waals surface area contributed by atoms with Gasteiger partial charge in [0.2, 0.25) is 0 Å². The van der Waals surface area contributed by atoms with Crippen LogP contribution < -0.4 is 4.72 Å². The Bertz CT molecular complexity index is 258. The maximum Gasteiger partial charge on any atom is 0.0445 e. The molecule has 0 saturated heterocycles. The summed E-state index contributed by atoms with van der Waals surface area (Å²) in [5.41, 5.74) is 2.29. The predicted molar refractivity (Wildman–Crippen MR) is 58.3 cm³/mol. The minimum atomic E-state index is 1.07. The van der Waals surface area contributed by atoms with Crippen LogP contribution in [0.2, 0.25) is 0 Å². The molecule has 0 aliphatic rings. The second kappa shape index (κ2) is 4.88. The van der Waals surface area contributed by atoms with Crippen LogP contribution >= 0.6 is 11.9 Å². The summed E-state index contributed by atoms with van der Waals surface area (Å²) in [4.78, 5) is 0. The summed E-state index contributed by atoms with van der Waals surface area (Å²) in [6, 6.07) is 8.19. The molecule has 0 aromatic heterocycles. The third-order valence-electron chi connectivity index (χ3n) is 1.46. The van der Waals surface area contributed by atoms with E-state index in [4.69, 9.17) is 0 Å². The van der Waals surface area contributed by atoms with Gasteiger partial charge in [-0.25, -0.2) is 0 Å². The first kappa shape index (κ1) is 9.20. The van der Waals surface area contributed by atoms with Crippen molar-refractivity contribution in [3.63, 3.8) is 0 Å². The topological polar surface area (TPSA) is 12.0 Å². The van der Waals surface area contributed by atoms with Gasteiger partial charge in [0.1, 0.15) is 0 Å². The summed E-state index contributed by atoms with van der Waals surface area (Å²) in [6.07, 6.45) is 1.85. The van der Waals surface area contributed by atoms with Gasteiger partial charge in [0.05, 0.1) is 0 Å². The van der Waals surface area contributed by atoms with Gasteiger partial charge in [-0.15, -0.1) is 0 Å². The molecular formula is C10H13NS. The molecule has 12 heavy (non-hydrogen) atoms. The van der Waals surface area contributed by atoms with Crippen LogP contribution in [0.5, 0.6) is 0 Å². The fourth-order valence-corrected chi connectivity index (χ4v) is 1.32. The first-order valence-corrected chi connectivity index (χ1v) is 4.95. The van der Waals surface area contributed by atoms with E-state index in [0.29, 0.717) is 0 Å². The van der Waals surface area contributed by atoms with Crippen LogP contribution in [-0.2, 0) is 0 Å². The number of hydrogen-bond donors (Lipinski definition) is 1. The highest BCUT2D eigenvalue weighted by Gasteiger charge is 1.90. The molecule has 1 aromatic carbocycles. The van der Waals surface area contributed by atoms with E-state index in [2.05, 4.69) is 30.4 Å². The molecule has 64 valence electrons. The third kappa shape index (κ3) is 2.62. The SMILES string of the molecule is C=Cc1cccc(NSCC)c1. The van der Waals surface area contributed by atoms with Gasteiger partial charge >= 0.3 is 0 Å². The van der Waals surface area contributed by atoms with Gasteiger partial charge in [-0.3, -0.25) is 0 Å². The van der Waals surface area contributed by atoms with Crippen molar-refractivity contribution in [2.24, 2.45) is 0 Å². The molecule has 0 fully saturated rings. The highest BCUT2D eigenvalue weighted by molar-refractivity contribution is 8.00. The van der Waals surface area contributed by atoms with E-state index >= 15 is 0 Å². The largest absolute Gasteiger partial charge is 0.330 e. The lowest BCUT2D eigenvalue weighted by molar-refractivity contribution is 1.52. The van der Waals surface area contributed by atoms with Gasteiger partial charge in [0, 0.05) is 11.4 Å². The standard InChI is InChI=1S/C10H13NS/c1-3-9-6-5-7-10(8-9)11-12-4-2/h3,5-8,11H,1,4H2,2H3. The molecule has 0 saturated carbocycles. The van der Waals surface area contributed by atoms with Crippen LogP contribution in [0.25, 0.3) is 6.08 Å². The summed E-state index contributed by atoms with van der Waals surface area (Å²) in [5.74, 6) is 1.07. The molecule has 1 nitrogen and oxygen atoms in total. The number of anilines is 1. The fraction of sp³-hybridized carbons (Fsp3) is 0.200. The average Bonchev–Trinajstić information content (AvgIpc) is 2.15. The molecule has 0 aliphatic heterocycles. The Morgan fingerprint density at radius 3 is 3.08 bits per heavy atom. The summed E-state index contributed by atoms with van der Waals surface area (Å²) in [5, 5.41) is 0. The Hall–Kier alpha value is -0.890. The Morgan fingerprint density at radius 1 is 1.58 bits per heavy atom. The van der Waals surface area contributed by atoms with Crippen molar-refractivity contribution in [3.8, 4) is 0 Å². The molecule has 1 aromatic rings. The first-order chi connectivity index (χ1) is 5.86. The fourth-order valence-electron chi connectivity index (χ4n) is 0.885. The predicted octanol–water partition coefficient (Wildman–Crippen LogP) is 3.41. The molecule has 1 rings (SSSR count). The van der Waals surface area contributed by atoms with Crippen molar-refractivity contribution in [2.45, 2.75) is 6.92 Å². The Morgan fingerprint density at radius 2 is 2.42 bits per heavy atom. The van der Waals surface area contributed by atoms with Crippen molar-refractivity contribution in [1.82, 2.24) is 0 Å². The molecule has 0 bridgehead atoms. The van der Waals surface area contributed by atoms with Crippen LogP contribution in [0, 0.1) is 0 Å². The molecule has 0 heterocycles. The number of benzene rings is 1. The normalized spacial score (nSPS) is 9.42. The van der Waals surface area contributed by atoms with Crippen molar-refractivity contribution in [2.75, 3.05) is 10.5 Å². The van der Waals surface area contributed by atoms with Crippen molar-refractivity contribution in [1.29, 1.82) is 0 Å². The lowest BCUT2D eigenvalue weighted by Crippen LogP contribution is -1.86. The second-order valence-corrected chi connectivity index (χ2v) is 3.43. The van der Waals surface area contributed by atoms with Crippen LogP contribution in [0.15, 0.2) is 30.8 Å². The average molecular weight is 179 g/mol. The Balaban J connectivity index is 2.66. The number of hydrogen-bond acceptors (Lipinski definition) is 2. The van der Waals surface area contributed by atoms with Crippen molar-refractivity contribution >= 4 is 23.7 Å². The first-order valence-electron chi connectivity index (χ1n) is 3.97. The molecule has 0 atom stereocenters. The number of rotatable bonds is 4. The van der Waals surface area contributed by atoms with Crippen LogP contribution in [0.1, 0.15) is 12.5 Å². The zero-order valence-corrected chi connectivity index (χ0v) is 8.03. The molecule has 0 spiro atoms. The second-order valence-electron chi connectivity index (χ2n) is 2.36. The Labute approximate surface area is 78.0 Å². The molecule has 2 heteroatoms. The lowest BCUT2D eigenvalue weighted by Gasteiger charge is -2.03. The monoisotopic (exact) mass is 179 g/mol. The summed E-state index contributed by atoms with van der Waals surface area (Å²) in [7, 11) is 0. The van der Waals surface area contributed by atoms with Crippen LogP contribution in [0.4, 0.5) is 5.69 Å². The maximum absolute atomic E-state index is 3.72. The van der Waals surface area contributed by atoms with E-state index in [-0.39, 0.29) is 0 Å². The highest BCUT2D eigenvalue weighted by atomic mass is 32.2. The highest BCUT2D eigenvalue weighted by Crippen LogP contribution is 2.14. The Kier molecular flexibility index (Phi) is 3.74. The van der Waals surface area contributed by atoms with E-state index in [9.17, 15) is 0 Å². The van der Waals surface area contributed by atoms with Crippen LogP contribution in [0.3, 0.4) is 0 Å². The van der Waals surface area contributed by atoms with E-state index in [0.717, 1.165) is 17.0 Å². The van der Waals surface area contributed by atoms with Gasteiger partial charge in [0.15, 0.2) is 0 Å². The minimum Gasteiger partial charge on any atom is -0.330 e. The minimum absolute atomic E-state index is 1.07. The van der Waals surface area contributed by atoms with Gasteiger partial charge in [0.25, 0.3) is 0 Å². The van der Waals surface area contributed by atoms with Crippen LogP contribution in [-0.4, -0.2) is 5.75 Å². The molecule has 1 N–H and O–H groups in total. The summed E-state index contributed by atoms with van der Waals surface area (Å²) >= 11 is 1.70. The summed E-state index contributed by atoms with van der Waals surface area (Å²) in [6.45, 7) is 5.84. The lowest BCUT2D eigenvalue weighted by atomic mass is 10.2. The molecule has 0 radical (unpaired) electrons. The zero-order valence-electron chi connectivity index (χ0n) is 7.21. The van der Waals surface area contributed by atoms with Gasteiger partial charge in [-0.2, -0.15) is 0 Å². The molecule has 0 aliphatic carbocycles. The van der Waals surface area contributed by atoms with Crippen molar-refractivity contribution < 1.29 is 0 Å². The smallest absolute Gasteiger partial charge is 0.0445 e. The third-order valence-corrected chi connectivity index (χ3v) is 2.13. The van der Waals surface area contributed by atoms with E-state index in [1.807, 2.05) is 18.2 Å². The molecule has 0 amide bonds. The molecular weight excluding hydrogens is 166 g/mol. The van der Waals surface area contributed by atoms with Gasteiger partial charge in [-0.05, 0) is 17.7 Å². The van der Waals surface area contributed by atoms with Crippen molar-refractivity contribution in [3.05, 3.63) is 36.4 Å². The number of nitrogens with one attached hydrogen (secondary N) is 1. The molecule has 0 unspecified atom stereocenters.